The van der Waals surface area contributed by atoms with Crippen LogP contribution in [0.2, 0.25) is 0 Å². The number of nitrogens with one attached hydrogen (secondary N) is 3. The molecule has 3 amide bonds. The molecular formula is C18H28N5O4+. The van der Waals surface area contributed by atoms with Crippen LogP contribution in [0.5, 0.6) is 11.5 Å². The standard InChI is InChI=1S/C18H27N5O4/c1-21-6-8-22(9-7-21)20-18(25)19-13-10-17(24)23(12-13)14-4-5-15(26-2)16(11-14)27-3/h4-5,11,13H,6-10,12H2,1-3H3,(H2,19,20,25)/p+1/t13-/m1/s1. The molecule has 0 unspecified atom stereocenters. The van der Waals surface area contributed by atoms with Gasteiger partial charge < -0.3 is 24.6 Å². The maximum Gasteiger partial charge on any atom is 0.329 e. The highest BCUT2D eigenvalue weighted by molar-refractivity contribution is 5.97. The molecule has 1 aromatic carbocycles. The second-order valence-electron chi connectivity index (χ2n) is 6.97. The zero-order valence-electron chi connectivity index (χ0n) is 16.1. The molecule has 0 bridgehead atoms. The summed E-state index contributed by atoms with van der Waals surface area (Å²) in [5.74, 6) is 1.14. The van der Waals surface area contributed by atoms with Gasteiger partial charge in [-0.25, -0.2) is 9.80 Å². The SMILES string of the molecule is COc1ccc(N2C[C@H](NC(=O)NN3CC[NH+](C)CC3)CC2=O)cc1OC. The number of likely N-dealkylation sites (N-methyl/N-ethyl adjacent to an activating group) is 1. The number of benzene rings is 1. The summed E-state index contributed by atoms with van der Waals surface area (Å²) >= 11 is 0. The number of methoxy groups -OCH3 is 2. The smallest absolute Gasteiger partial charge is 0.329 e. The molecule has 2 aliphatic rings. The summed E-state index contributed by atoms with van der Waals surface area (Å²) in [5, 5.41) is 4.82. The minimum atomic E-state index is -0.262. The van der Waals surface area contributed by atoms with Crippen LogP contribution < -0.4 is 30.0 Å². The summed E-state index contributed by atoms with van der Waals surface area (Å²) in [4.78, 5) is 27.8. The van der Waals surface area contributed by atoms with Crippen LogP contribution in [0, 0.1) is 0 Å². The van der Waals surface area contributed by atoms with Gasteiger partial charge in [-0.15, -0.1) is 0 Å². The number of piperazine rings is 1. The van der Waals surface area contributed by atoms with Crippen LogP contribution in [0.1, 0.15) is 6.42 Å². The number of hydrogen-bond acceptors (Lipinski definition) is 5. The Morgan fingerprint density at radius 1 is 1.19 bits per heavy atom. The molecule has 2 saturated heterocycles. The van der Waals surface area contributed by atoms with Gasteiger partial charge in [0.1, 0.15) is 0 Å². The van der Waals surface area contributed by atoms with Gasteiger partial charge in [0.25, 0.3) is 0 Å². The number of anilines is 1. The minimum absolute atomic E-state index is 0.0317. The lowest BCUT2D eigenvalue weighted by Gasteiger charge is -2.30. The number of quaternary nitrogens is 1. The van der Waals surface area contributed by atoms with Gasteiger partial charge in [0.15, 0.2) is 11.5 Å². The Labute approximate surface area is 159 Å². The van der Waals surface area contributed by atoms with Crippen molar-refractivity contribution in [2.75, 3.05) is 58.9 Å². The van der Waals surface area contributed by atoms with Crippen molar-refractivity contribution in [1.29, 1.82) is 0 Å². The van der Waals surface area contributed by atoms with E-state index >= 15 is 0 Å². The van der Waals surface area contributed by atoms with Crippen LogP contribution in [-0.2, 0) is 4.79 Å². The Morgan fingerprint density at radius 3 is 2.56 bits per heavy atom. The van der Waals surface area contributed by atoms with Crippen LogP contribution in [0.3, 0.4) is 0 Å². The first-order valence-corrected chi connectivity index (χ1v) is 9.16. The highest BCUT2D eigenvalue weighted by Crippen LogP contribution is 2.33. The van der Waals surface area contributed by atoms with E-state index in [9.17, 15) is 9.59 Å². The first kappa shape index (κ1) is 19.2. The fourth-order valence-electron chi connectivity index (χ4n) is 3.41. The van der Waals surface area contributed by atoms with E-state index in [1.807, 2.05) is 11.1 Å². The van der Waals surface area contributed by atoms with Crippen molar-refractivity contribution < 1.29 is 24.0 Å². The van der Waals surface area contributed by atoms with Crippen molar-refractivity contribution >= 4 is 17.6 Å². The topological polar surface area (TPSA) is 87.6 Å². The first-order chi connectivity index (χ1) is 13.0. The average molecular weight is 378 g/mol. The van der Waals surface area contributed by atoms with E-state index in [4.69, 9.17) is 9.47 Å². The molecular weight excluding hydrogens is 350 g/mol. The summed E-state index contributed by atoms with van der Waals surface area (Å²) < 4.78 is 10.5. The maximum atomic E-state index is 12.4. The Hall–Kier alpha value is -2.52. The van der Waals surface area contributed by atoms with E-state index in [1.54, 1.807) is 31.3 Å². The van der Waals surface area contributed by atoms with Crippen molar-refractivity contribution in [2.45, 2.75) is 12.5 Å². The van der Waals surface area contributed by atoms with E-state index in [2.05, 4.69) is 17.8 Å². The highest BCUT2D eigenvalue weighted by atomic mass is 16.5. The predicted molar refractivity (Wildman–Crippen MR) is 100 cm³/mol. The molecule has 1 atom stereocenters. The summed E-state index contributed by atoms with van der Waals surface area (Å²) in [6.45, 7) is 4.06. The third-order valence-corrected chi connectivity index (χ3v) is 5.02. The van der Waals surface area contributed by atoms with Gasteiger partial charge >= 0.3 is 6.03 Å². The molecule has 0 radical (unpaired) electrons. The Bertz CT molecular complexity index is 690. The van der Waals surface area contributed by atoms with Gasteiger partial charge in [-0.1, -0.05) is 0 Å². The zero-order chi connectivity index (χ0) is 19.4. The molecule has 2 fully saturated rings. The minimum Gasteiger partial charge on any atom is -0.493 e. The molecule has 1 aromatic rings. The van der Waals surface area contributed by atoms with E-state index in [-0.39, 0.29) is 24.4 Å². The number of nitrogens with zero attached hydrogens (tertiary/aromatic N) is 2. The lowest BCUT2D eigenvalue weighted by atomic mass is 10.2. The van der Waals surface area contributed by atoms with Crippen molar-refractivity contribution in [1.82, 2.24) is 15.8 Å². The Morgan fingerprint density at radius 2 is 1.89 bits per heavy atom. The number of carbonyl (C=O) groups is 2. The van der Waals surface area contributed by atoms with E-state index in [0.717, 1.165) is 31.9 Å². The van der Waals surface area contributed by atoms with E-state index in [0.29, 0.717) is 18.0 Å². The summed E-state index contributed by atoms with van der Waals surface area (Å²) in [6.07, 6.45) is 0.272. The van der Waals surface area contributed by atoms with Crippen molar-refractivity contribution in [3.05, 3.63) is 18.2 Å². The fourth-order valence-corrected chi connectivity index (χ4v) is 3.41. The van der Waals surface area contributed by atoms with Crippen LogP contribution in [0.15, 0.2) is 18.2 Å². The van der Waals surface area contributed by atoms with Gasteiger partial charge in [0.2, 0.25) is 5.91 Å². The molecule has 0 spiro atoms. The number of amides is 3. The number of rotatable bonds is 5. The molecule has 2 heterocycles. The van der Waals surface area contributed by atoms with E-state index in [1.165, 1.54) is 4.90 Å². The van der Waals surface area contributed by atoms with Gasteiger partial charge in [0.05, 0.1) is 53.5 Å². The monoisotopic (exact) mass is 378 g/mol. The quantitative estimate of drug-likeness (QED) is 0.603. The van der Waals surface area contributed by atoms with Crippen LogP contribution in [-0.4, -0.2) is 77.0 Å². The van der Waals surface area contributed by atoms with Crippen LogP contribution >= 0.6 is 0 Å². The third kappa shape index (κ3) is 4.61. The van der Waals surface area contributed by atoms with Gasteiger partial charge in [-0.2, -0.15) is 0 Å². The molecule has 3 rings (SSSR count). The molecule has 9 heteroatoms. The summed E-state index contributed by atoms with van der Waals surface area (Å²) in [7, 11) is 5.27. The number of hydrazine groups is 1. The normalized spacial score (nSPS) is 21.2. The van der Waals surface area contributed by atoms with Crippen LogP contribution in [0.4, 0.5) is 10.5 Å². The lowest BCUT2D eigenvalue weighted by molar-refractivity contribution is -0.884. The number of urea groups is 1. The molecule has 148 valence electrons. The van der Waals surface area contributed by atoms with Gasteiger partial charge in [0, 0.05) is 24.7 Å². The molecule has 0 aromatic heterocycles. The third-order valence-electron chi connectivity index (χ3n) is 5.02. The summed E-state index contributed by atoms with van der Waals surface area (Å²) in [5.41, 5.74) is 3.60. The van der Waals surface area contributed by atoms with Crippen molar-refractivity contribution in [3.8, 4) is 11.5 Å². The first-order valence-electron chi connectivity index (χ1n) is 9.16. The average Bonchev–Trinajstić information content (AvgIpc) is 3.02. The number of hydrogen-bond donors (Lipinski definition) is 3. The van der Waals surface area contributed by atoms with Crippen LogP contribution in [0.25, 0.3) is 0 Å². The second kappa shape index (κ2) is 8.45. The zero-order valence-corrected chi connectivity index (χ0v) is 16.1. The Kier molecular flexibility index (Phi) is 6.02. The largest absolute Gasteiger partial charge is 0.493 e. The highest BCUT2D eigenvalue weighted by Gasteiger charge is 2.32. The van der Waals surface area contributed by atoms with Crippen molar-refractivity contribution in [3.63, 3.8) is 0 Å². The molecule has 0 aliphatic carbocycles. The second-order valence-corrected chi connectivity index (χ2v) is 6.97. The van der Waals surface area contributed by atoms with Gasteiger partial charge in [-0.3, -0.25) is 10.2 Å². The summed E-state index contributed by atoms with van der Waals surface area (Å²) in [6, 6.07) is 4.86. The Balaban J connectivity index is 1.56. The van der Waals surface area contributed by atoms with E-state index < -0.39 is 0 Å². The molecule has 2 aliphatic heterocycles. The maximum absolute atomic E-state index is 12.4. The number of ether oxygens (including phenoxy) is 2. The molecule has 0 saturated carbocycles. The fraction of sp³-hybridized carbons (Fsp3) is 0.556. The van der Waals surface area contributed by atoms with Crippen molar-refractivity contribution in [2.24, 2.45) is 0 Å². The number of carbonyl (C=O) groups excluding carboxylic acids is 2. The lowest BCUT2D eigenvalue weighted by Crippen LogP contribution is -3.12. The molecule has 27 heavy (non-hydrogen) atoms. The van der Waals surface area contributed by atoms with Gasteiger partial charge in [-0.05, 0) is 12.1 Å². The molecule has 9 nitrogen and oxygen atoms in total. The predicted octanol–water partition coefficient (Wildman–Crippen LogP) is -1.15. The molecule has 3 N–H and O–H groups in total.